The van der Waals surface area contributed by atoms with Gasteiger partial charge in [0, 0.05) is 5.57 Å². The van der Waals surface area contributed by atoms with Crippen molar-refractivity contribution < 1.29 is 14.7 Å². The van der Waals surface area contributed by atoms with Crippen molar-refractivity contribution in [3.63, 3.8) is 0 Å². The zero-order valence-electron chi connectivity index (χ0n) is 9.38. The molecule has 0 unspecified atom stereocenters. The number of rotatable bonds is 7. The maximum absolute atomic E-state index is 11.3. The highest BCUT2D eigenvalue weighted by Gasteiger charge is 2.09. The number of carbonyl (C=O) groups is 2. The predicted octanol–water partition coefficient (Wildman–Crippen LogP) is 2.72. The van der Waals surface area contributed by atoms with E-state index in [0.29, 0.717) is 12.0 Å². The fourth-order valence-electron chi connectivity index (χ4n) is 1.09. The van der Waals surface area contributed by atoms with Crippen molar-refractivity contribution in [3.05, 3.63) is 23.8 Å². The van der Waals surface area contributed by atoms with Crippen LogP contribution < -0.4 is 0 Å². The quantitative estimate of drug-likeness (QED) is 0.519. The van der Waals surface area contributed by atoms with E-state index in [1.807, 2.05) is 6.92 Å². The summed E-state index contributed by atoms with van der Waals surface area (Å²) in [5, 5.41) is 8.85. The molecule has 0 amide bonds. The van der Waals surface area contributed by atoms with Crippen LogP contribution in [0.4, 0.5) is 0 Å². The molecule has 84 valence electrons. The minimum Gasteiger partial charge on any atom is -0.478 e. The molecule has 0 aromatic carbocycles. The van der Waals surface area contributed by atoms with E-state index in [1.54, 1.807) is 6.92 Å². The molecular weight excluding hydrogens is 192 g/mol. The largest absolute Gasteiger partial charge is 0.478 e. The number of unbranched alkanes of at least 4 members (excludes halogenated alkanes) is 2. The number of carbonyl (C=O) groups excluding carboxylic acids is 1. The number of carboxylic acid groups (broad SMARTS) is 1. The Bertz CT molecular complexity index is 287. The van der Waals surface area contributed by atoms with Gasteiger partial charge in [0.25, 0.3) is 0 Å². The van der Waals surface area contributed by atoms with Crippen LogP contribution in [0.2, 0.25) is 0 Å². The number of ketones is 1. The van der Waals surface area contributed by atoms with Crippen molar-refractivity contribution in [1.82, 2.24) is 0 Å². The van der Waals surface area contributed by atoms with Crippen LogP contribution in [0.5, 0.6) is 0 Å². The number of aliphatic carboxylic acids is 1. The van der Waals surface area contributed by atoms with Gasteiger partial charge >= 0.3 is 5.97 Å². The molecule has 3 nitrogen and oxygen atoms in total. The molecule has 0 spiro atoms. The van der Waals surface area contributed by atoms with Crippen LogP contribution in [0.3, 0.4) is 0 Å². The van der Waals surface area contributed by atoms with Crippen molar-refractivity contribution in [2.45, 2.75) is 39.5 Å². The highest BCUT2D eigenvalue weighted by atomic mass is 16.4. The zero-order valence-corrected chi connectivity index (χ0v) is 9.38. The van der Waals surface area contributed by atoms with Gasteiger partial charge in [-0.1, -0.05) is 26.3 Å². The summed E-state index contributed by atoms with van der Waals surface area (Å²) in [6, 6.07) is 0. The van der Waals surface area contributed by atoms with Crippen LogP contribution in [-0.2, 0) is 9.59 Å². The topological polar surface area (TPSA) is 54.4 Å². The Morgan fingerprint density at radius 2 is 1.93 bits per heavy atom. The molecule has 0 radical (unpaired) electrons. The van der Waals surface area contributed by atoms with E-state index >= 15 is 0 Å². The van der Waals surface area contributed by atoms with Crippen LogP contribution in [0.1, 0.15) is 39.5 Å². The summed E-state index contributed by atoms with van der Waals surface area (Å²) < 4.78 is 0. The Kier molecular flexibility index (Phi) is 6.34. The van der Waals surface area contributed by atoms with Gasteiger partial charge < -0.3 is 5.11 Å². The lowest BCUT2D eigenvalue weighted by Crippen LogP contribution is -2.05. The highest BCUT2D eigenvalue weighted by Crippen LogP contribution is 2.10. The second-order valence-corrected chi connectivity index (χ2v) is 3.58. The van der Waals surface area contributed by atoms with Gasteiger partial charge in [-0.25, -0.2) is 4.79 Å². The van der Waals surface area contributed by atoms with Gasteiger partial charge in [-0.3, -0.25) is 4.79 Å². The van der Waals surface area contributed by atoms with Crippen molar-refractivity contribution >= 4 is 11.8 Å². The molecule has 0 heterocycles. The first-order valence-electron chi connectivity index (χ1n) is 5.12. The van der Waals surface area contributed by atoms with E-state index < -0.39 is 5.97 Å². The molecule has 0 saturated carbocycles. The second kappa shape index (κ2) is 6.98. The number of carboxylic acids is 1. The van der Waals surface area contributed by atoms with Crippen LogP contribution in [0.25, 0.3) is 0 Å². The molecule has 0 aliphatic carbocycles. The maximum atomic E-state index is 11.3. The summed E-state index contributed by atoms with van der Waals surface area (Å²) in [4.78, 5) is 22.1. The molecule has 0 aliphatic heterocycles. The summed E-state index contributed by atoms with van der Waals surface area (Å²) in [6.45, 7) is 7.10. The second-order valence-electron chi connectivity index (χ2n) is 3.58. The molecule has 3 heteroatoms. The zero-order chi connectivity index (χ0) is 11.8. The Morgan fingerprint density at radius 3 is 2.33 bits per heavy atom. The lowest BCUT2D eigenvalue weighted by atomic mass is 10.0. The summed E-state index contributed by atoms with van der Waals surface area (Å²) in [7, 11) is 0. The van der Waals surface area contributed by atoms with Crippen molar-refractivity contribution in [3.8, 4) is 0 Å². The van der Waals surface area contributed by atoms with Crippen molar-refractivity contribution in [2.24, 2.45) is 0 Å². The third kappa shape index (κ3) is 5.83. The Balaban J connectivity index is 4.45. The van der Waals surface area contributed by atoms with E-state index in [-0.39, 0.29) is 11.4 Å². The van der Waals surface area contributed by atoms with Gasteiger partial charge in [-0.15, -0.1) is 0 Å². The Morgan fingerprint density at radius 1 is 1.33 bits per heavy atom. The normalized spacial score (nSPS) is 11.2. The molecule has 0 rings (SSSR count). The fourth-order valence-corrected chi connectivity index (χ4v) is 1.09. The highest BCUT2D eigenvalue weighted by molar-refractivity contribution is 6.07. The molecule has 0 aromatic heterocycles. The number of allylic oxidation sites excluding steroid dienone is 2. The van der Waals surface area contributed by atoms with Gasteiger partial charge in [0.05, 0.1) is 0 Å². The summed E-state index contributed by atoms with van der Waals surface area (Å²) in [6.07, 6.45) is 4.44. The van der Waals surface area contributed by atoms with E-state index in [1.165, 1.54) is 6.08 Å². The smallest absolute Gasteiger partial charge is 0.331 e. The average molecular weight is 210 g/mol. The van der Waals surface area contributed by atoms with Gasteiger partial charge in [-0.05, 0) is 31.4 Å². The molecule has 0 saturated heterocycles. The fraction of sp³-hybridized carbons (Fsp3) is 0.500. The molecular formula is C12H18O3. The lowest BCUT2D eigenvalue weighted by molar-refractivity contribution is -0.133. The third-order valence-electron chi connectivity index (χ3n) is 2.05. The van der Waals surface area contributed by atoms with E-state index in [4.69, 9.17) is 5.11 Å². The maximum Gasteiger partial charge on any atom is 0.331 e. The van der Waals surface area contributed by atoms with Crippen LogP contribution in [-0.4, -0.2) is 16.9 Å². The molecule has 0 aromatic rings. The summed E-state index contributed by atoms with van der Waals surface area (Å²) in [5.41, 5.74) is 0.542. The average Bonchev–Trinajstić information content (AvgIpc) is 2.15. The van der Waals surface area contributed by atoms with Gasteiger partial charge in [0.15, 0.2) is 5.78 Å². The predicted molar refractivity (Wildman–Crippen MR) is 59.7 cm³/mol. The minimum absolute atomic E-state index is 0.177. The van der Waals surface area contributed by atoms with E-state index in [0.717, 1.165) is 19.3 Å². The van der Waals surface area contributed by atoms with Gasteiger partial charge in [-0.2, -0.15) is 0 Å². The molecule has 1 N–H and O–H groups in total. The van der Waals surface area contributed by atoms with E-state index in [2.05, 4.69) is 6.58 Å². The molecule has 0 atom stereocenters. The van der Waals surface area contributed by atoms with Crippen LogP contribution >= 0.6 is 0 Å². The van der Waals surface area contributed by atoms with Gasteiger partial charge in [0.1, 0.15) is 0 Å². The third-order valence-corrected chi connectivity index (χ3v) is 2.05. The molecule has 15 heavy (non-hydrogen) atoms. The Hall–Kier alpha value is -1.38. The molecule has 0 bridgehead atoms. The first-order valence-corrected chi connectivity index (χ1v) is 5.12. The van der Waals surface area contributed by atoms with Crippen LogP contribution in [0, 0.1) is 0 Å². The molecule has 0 fully saturated rings. The number of hydrogen-bond donors (Lipinski definition) is 1. The molecule has 0 aliphatic rings. The SMILES string of the molecule is C=C(C)C(=O)C=C(CCCCC)C(=O)O. The number of hydrogen-bond acceptors (Lipinski definition) is 2. The van der Waals surface area contributed by atoms with Gasteiger partial charge in [0.2, 0.25) is 0 Å². The standard InChI is InChI=1S/C12H18O3/c1-4-5-6-7-10(12(14)15)8-11(13)9(2)3/h8H,2,4-7H2,1,3H3,(H,14,15). The Labute approximate surface area is 90.5 Å². The van der Waals surface area contributed by atoms with Crippen molar-refractivity contribution in [2.75, 3.05) is 0 Å². The summed E-state index contributed by atoms with van der Waals surface area (Å²) in [5.74, 6) is -1.32. The first-order chi connectivity index (χ1) is 6.99. The first kappa shape index (κ1) is 13.6. The monoisotopic (exact) mass is 210 g/mol. The van der Waals surface area contributed by atoms with Crippen molar-refractivity contribution in [1.29, 1.82) is 0 Å². The summed E-state index contributed by atoms with van der Waals surface area (Å²) >= 11 is 0. The van der Waals surface area contributed by atoms with Crippen LogP contribution in [0.15, 0.2) is 23.8 Å². The van der Waals surface area contributed by atoms with E-state index in [9.17, 15) is 9.59 Å². The lowest BCUT2D eigenvalue weighted by Gasteiger charge is -2.01. The minimum atomic E-state index is -1.01.